The van der Waals surface area contributed by atoms with Gasteiger partial charge < -0.3 is 4.90 Å². The Kier molecular flexibility index (Phi) is 8.92. The van der Waals surface area contributed by atoms with E-state index in [0.29, 0.717) is 53.1 Å². The molecule has 2 heterocycles. The van der Waals surface area contributed by atoms with Crippen molar-refractivity contribution in [2.24, 2.45) is 11.8 Å². The van der Waals surface area contributed by atoms with Gasteiger partial charge in [-0.05, 0) is 74.1 Å². The average molecular weight is 674 g/mol. The summed E-state index contributed by atoms with van der Waals surface area (Å²) in [5.74, 6) is 0.606. The Labute approximate surface area is 276 Å². The summed E-state index contributed by atoms with van der Waals surface area (Å²) in [5.41, 5.74) is -1.48. The minimum Gasteiger partial charge on any atom is -0.364 e. The maximum atomic E-state index is 13.7. The Balaban J connectivity index is 1.64. The maximum absolute atomic E-state index is 13.7. The van der Waals surface area contributed by atoms with Crippen LogP contribution in [0.5, 0.6) is 0 Å². The molecular weight excluding hydrogens is 630 g/mol. The lowest BCUT2D eigenvalue weighted by molar-refractivity contribution is -0.438. The van der Waals surface area contributed by atoms with Crippen LogP contribution in [0.4, 0.5) is 37.7 Å². The van der Waals surface area contributed by atoms with Crippen molar-refractivity contribution in [1.82, 2.24) is 0 Å². The maximum Gasteiger partial charge on any atom is 0.416 e. The minimum atomic E-state index is -4.53. The van der Waals surface area contributed by atoms with Gasteiger partial charge in [0.25, 0.3) is 0 Å². The Morgan fingerprint density at radius 3 is 1.88 bits per heavy atom. The van der Waals surface area contributed by atoms with Gasteiger partial charge in [0.1, 0.15) is 6.54 Å². The molecule has 4 nitrogen and oxygen atoms in total. The molecule has 3 aromatic carbocycles. The highest BCUT2D eigenvalue weighted by molar-refractivity contribution is 6.15. The van der Waals surface area contributed by atoms with E-state index >= 15 is 0 Å². The van der Waals surface area contributed by atoms with Crippen LogP contribution >= 0.6 is 0 Å². The number of anilines is 1. The topological polar surface area (TPSA) is 40.4 Å². The van der Waals surface area contributed by atoms with Crippen LogP contribution in [0.1, 0.15) is 90.5 Å². The summed E-state index contributed by atoms with van der Waals surface area (Å²) in [4.78, 5) is 29.4. The highest BCUT2D eigenvalue weighted by Crippen LogP contribution is 2.48. The summed E-state index contributed by atoms with van der Waals surface area (Å²) in [6, 6.07) is 6.81. The lowest BCUT2D eigenvalue weighted by atomic mass is 9.79. The number of halogens is 6. The van der Waals surface area contributed by atoms with Crippen LogP contribution in [0.15, 0.2) is 46.0 Å². The molecule has 0 spiro atoms. The molecule has 3 aromatic rings. The van der Waals surface area contributed by atoms with Gasteiger partial charge in [0.05, 0.1) is 33.0 Å². The molecule has 2 aliphatic rings. The molecule has 0 fully saturated rings. The van der Waals surface area contributed by atoms with Crippen molar-refractivity contribution >= 4 is 29.2 Å². The first kappa shape index (κ1) is 35.6. The van der Waals surface area contributed by atoms with E-state index in [1.807, 2.05) is 51.0 Å². The van der Waals surface area contributed by atoms with E-state index in [1.165, 1.54) is 24.3 Å². The van der Waals surface area contributed by atoms with Crippen LogP contribution in [0.2, 0.25) is 0 Å². The van der Waals surface area contributed by atoms with E-state index in [-0.39, 0.29) is 10.4 Å². The fraction of sp³-hybridized carbons (Fsp3) is 0.500. The van der Waals surface area contributed by atoms with Crippen molar-refractivity contribution in [2.75, 3.05) is 18.0 Å². The number of nitrogens with zero attached hydrogens (tertiary/aromatic N) is 2. The Bertz CT molecular complexity index is 1940. The number of fused-ring (bicyclic) bond motifs is 2. The van der Waals surface area contributed by atoms with E-state index in [2.05, 4.69) is 0 Å². The van der Waals surface area contributed by atoms with E-state index in [9.17, 15) is 35.9 Å². The standard InChI is InChI=1S/C38H43F6N2O2/c1-21(2)13-15-45-29-11-9-23(37(39,40)41)17-27(29)35(5,6)31(45)19-25-33(47)26(34(25)48)20-32-36(7,8)28-18-24(38(42,43)44)10-12-30(28)46(32)16-14-22(3)4/h9-12,17-22,31H,13-16H2,1-8H3/q+1. The summed E-state index contributed by atoms with van der Waals surface area (Å²) in [6.45, 7) is 16.4. The van der Waals surface area contributed by atoms with Crippen molar-refractivity contribution in [1.29, 1.82) is 0 Å². The molecule has 48 heavy (non-hydrogen) atoms. The van der Waals surface area contributed by atoms with E-state index < -0.39 is 51.2 Å². The van der Waals surface area contributed by atoms with Crippen LogP contribution in [-0.2, 0) is 23.2 Å². The highest BCUT2D eigenvalue weighted by Gasteiger charge is 2.47. The van der Waals surface area contributed by atoms with Crippen LogP contribution in [-0.4, -0.2) is 29.4 Å². The van der Waals surface area contributed by atoms with Gasteiger partial charge >= 0.3 is 12.4 Å². The SMILES string of the molecule is CC(C)CCN1c2ccc(C(F)(F)F)cc2C(C)(C)C1C=c1c(=O)c(=CC2=[N+](CCC(C)C)c3ccc(C(F)(F)F)cc3C2(C)C)c1=O. The van der Waals surface area contributed by atoms with Gasteiger partial charge in [0.15, 0.2) is 5.71 Å². The summed E-state index contributed by atoms with van der Waals surface area (Å²) >= 11 is 0. The average Bonchev–Trinajstić information content (AvgIpc) is 3.32. The molecular formula is C38H43F6N2O2+. The molecule has 0 aromatic heterocycles. The molecule has 0 N–H and O–H groups in total. The molecule has 2 aliphatic heterocycles. The highest BCUT2D eigenvalue weighted by atomic mass is 19.4. The van der Waals surface area contributed by atoms with Crippen molar-refractivity contribution < 1.29 is 30.9 Å². The number of hydrogen-bond acceptors (Lipinski definition) is 3. The zero-order valence-electron chi connectivity index (χ0n) is 28.7. The second kappa shape index (κ2) is 12.0. The van der Waals surface area contributed by atoms with Gasteiger partial charge in [-0.25, -0.2) is 0 Å². The Hall–Kier alpha value is -3.69. The number of rotatable bonds is 8. The lowest BCUT2D eigenvalue weighted by Crippen LogP contribution is -2.66. The molecule has 0 saturated heterocycles. The van der Waals surface area contributed by atoms with Crippen LogP contribution in [0.3, 0.4) is 0 Å². The fourth-order valence-corrected chi connectivity index (χ4v) is 7.08. The van der Waals surface area contributed by atoms with E-state index in [1.54, 1.807) is 19.9 Å². The summed E-state index contributed by atoms with van der Waals surface area (Å²) in [7, 11) is 0. The summed E-state index contributed by atoms with van der Waals surface area (Å²) < 4.78 is 84.1. The second-order valence-electron chi connectivity index (χ2n) is 15.1. The van der Waals surface area contributed by atoms with Crippen molar-refractivity contribution in [3.8, 4) is 0 Å². The van der Waals surface area contributed by atoms with Gasteiger partial charge in [-0.3, -0.25) is 9.59 Å². The Morgan fingerprint density at radius 1 is 0.792 bits per heavy atom. The Morgan fingerprint density at radius 2 is 1.33 bits per heavy atom. The van der Waals surface area contributed by atoms with Gasteiger partial charge in [-0.2, -0.15) is 30.9 Å². The second-order valence-corrected chi connectivity index (χ2v) is 15.1. The van der Waals surface area contributed by atoms with Gasteiger partial charge in [-0.15, -0.1) is 0 Å². The third-order valence-corrected chi connectivity index (χ3v) is 10.1. The first-order valence-electron chi connectivity index (χ1n) is 16.4. The lowest BCUT2D eigenvalue weighted by Gasteiger charge is -2.33. The molecule has 5 rings (SSSR count). The molecule has 0 amide bonds. The predicted molar refractivity (Wildman–Crippen MR) is 178 cm³/mol. The molecule has 1 atom stereocenters. The molecule has 258 valence electrons. The molecule has 0 saturated carbocycles. The van der Waals surface area contributed by atoms with Crippen LogP contribution in [0.25, 0.3) is 12.2 Å². The smallest absolute Gasteiger partial charge is 0.364 e. The summed E-state index contributed by atoms with van der Waals surface area (Å²) in [5, 5.41) is -0.0798. The van der Waals surface area contributed by atoms with E-state index in [4.69, 9.17) is 0 Å². The fourth-order valence-electron chi connectivity index (χ4n) is 7.08. The third-order valence-electron chi connectivity index (χ3n) is 10.1. The largest absolute Gasteiger partial charge is 0.416 e. The summed E-state index contributed by atoms with van der Waals surface area (Å²) in [6.07, 6.45) is -4.45. The first-order valence-corrected chi connectivity index (χ1v) is 16.4. The number of alkyl halides is 6. The third kappa shape index (κ3) is 6.15. The first-order chi connectivity index (χ1) is 22.1. The quantitative estimate of drug-likeness (QED) is 0.188. The zero-order valence-corrected chi connectivity index (χ0v) is 28.7. The molecule has 10 heteroatoms. The molecule has 1 unspecified atom stereocenters. The monoisotopic (exact) mass is 673 g/mol. The predicted octanol–water partition coefficient (Wildman–Crippen LogP) is 7.22. The van der Waals surface area contributed by atoms with Crippen molar-refractivity contribution in [2.45, 2.75) is 97.5 Å². The van der Waals surface area contributed by atoms with Crippen molar-refractivity contribution in [3.63, 3.8) is 0 Å². The minimum absolute atomic E-state index is 0.0280. The number of benzene rings is 2. The molecule has 0 aliphatic carbocycles. The van der Waals surface area contributed by atoms with Crippen LogP contribution in [0, 0.1) is 11.8 Å². The van der Waals surface area contributed by atoms with Gasteiger partial charge in [-0.1, -0.05) is 41.5 Å². The molecule has 0 radical (unpaired) electrons. The van der Waals surface area contributed by atoms with Crippen LogP contribution < -0.4 is 26.2 Å². The van der Waals surface area contributed by atoms with E-state index in [0.717, 1.165) is 31.0 Å². The number of hydrogen-bond donors (Lipinski definition) is 0. The van der Waals surface area contributed by atoms with Crippen molar-refractivity contribution in [3.05, 3.63) is 89.5 Å². The molecule has 0 bridgehead atoms. The normalized spacial score (nSPS) is 18.7. The van der Waals surface area contributed by atoms with Gasteiger partial charge in [0, 0.05) is 41.8 Å². The zero-order chi connectivity index (χ0) is 35.7. The van der Waals surface area contributed by atoms with Gasteiger partial charge in [0.2, 0.25) is 16.5 Å².